The third-order valence-electron chi connectivity index (χ3n) is 28.6. The Balaban J connectivity index is 0.000000151. The summed E-state index contributed by atoms with van der Waals surface area (Å²) >= 11 is 3.20. The van der Waals surface area contributed by atoms with Gasteiger partial charge < -0.3 is 121 Å². The number of benzene rings is 4. The molecule has 0 spiro atoms. The molecule has 8 aliphatic heterocycles. The van der Waals surface area contributed by atoms with Crippen LogP contribution < -0.4 is 104 Å². The molecule has 13 N–H and O–H groups in total. The molecule has 20 rings (SSSR count). The number of amides is 3. The predicted molar refractivity (Wildman–Crippen MR) is 530 cm³/mol. The summed E-state index contributed by atoms with van der Waals surface area (Å²) in [5.41, 5.74) is 6.90. The Hall–Kier alpha value is -11.0. The van der Waals surface area contributed by atoms with Gasteiger partial charge in [0.2, 0.25) is 0 Å². The van der Waals surface area contributed by atoms with E-state index in [1.54, 1.807) is 18.4 Å². The van der Waals surface area contributed by atoms with E-state index in [4.69, 9.17) is 29.4 Å². The maximum atomic E-state index is 15.7. The van der Waals surface area contributed by atoms with E-state index < -0.39 is 98.4 Å². The van der Waals surface area contributed by atoms with Crippen LogP contribution in [0.25, 0.3) is 43.6 Å². The zero-order valence-electron chi connectivity index (χ0n) is 82.5. The fourth-order valence-electron chi connectivity index (χ4n) is 21.3. The maximum Gasteiger partial charge on any atom is 1.00 e. The number of nitrogens with zero attached hydrogens (tertiary/aromatic N) is 7. The van der Waals surface area contributed by atoms with Crippen molar-refractivity contribution in [3.8, 4) is 0 Å². The van der Waals surface area contributed by atoms with E-state index in [0.29, 0.717) is 161 Å². The third-order valence-corrected chi connectivity index (χ3v) is 29.4. The second-order valence-corrected chi connectivity index (χ2v) is 42.8. The Kier molecular flexibility index (Phi) is 30.9. The molecule has 8 fully saturated rings. The van der Waals surface area contributed by atoms with Crippen molar-refractivity contribution in [1.82, 2.24) is 39.5 Å². The second-order valence-electron chi connectivity index (χ2n) is 42.0. The molecule has 42 heteroatoms. The zero-order valence-corrected chi connectivity index (χ0v) is 84.9. The van der Waals surface area contributed by atoms with Gasteiger partial charge in [0.05, 0.1) is 104 Å². The quantitative estimate of drug-likeness (QED) is 0.0185. The van der Waals surface area contributed by atoms with Crippen molar-refractivity contribution in [1.29, 1.82) is 0 Å². The summed E-state index contributed by atoms with van der Waals surface area (Å²) in [5.74, 6) is -4.56. The van der Waals surface area contributed by atoms with Crippen molar-refractivity contribution in [3.05, 3.63) is 140 Å². The molecule has 8 atom stereocenters. The van der Waals surface area contributed by atoms with Crippen LogP contribution in [0, 0.1) is 46.9 Å². The van der Waals surface area contributed by atoms with Crippen LogP contribution >= 0.6 is 28.3 Å². The number of esters is 2. The van der Waals surface area contributed by atoms with Crippen LogP contribution in [0.1, 0.15) is 247 Å². The average Bonchev–Trinajstić information content (AvgIpc) is 1.64. The van der Waals surface area contributed by atoms with Gasteiger partial charge >= 0.3 is 61.0 Å². The number of carbonyl (C=O) groups is 7. The van der Waals surface area contributed by atoms with Gasteiger partial charge in [-0.25, -0.2) is 51.1 Å². The first-order chi connectivity index (χ1) is 65.0. The molecule has 141 heavy (non-hydrogen) atoms. The molecular weight excluding hydrogens is 1920 g/mol. The van der Waals surface area contributed by atoms with E-state index in [-0.39, 0.29) is 141 Å². The van der Waals surface area contributed by atoms with E-state index in [0.717, 1.165) is 90.1 Å². The van der Waals surface area contributed by atoms with E-state index in [1.165, 1.54) is 62.2 Å². The molecule has 0 bridgehead atoms. The van der Waals surface area contributed by atoms with Crippen molar-refractivity contribution in [2.24, 2.45) is 29.4 Å². The van der Waals surface area contributed by atoms with E-state index in [1.807, 2.05) is 105 Å². The Morgan fingerprint density at radius 1 is 0.433 bits per heavy atom. The first-order valence-corrected chi connectivity index (χ1v) is 48.7. The number of anilines is 7. The Morgan fingerprint density at radius 2 is 0.716 bits per heavy atom. The van der Waals surface area contributed by atoms with Crippen LogP contribution in [-0.4, -0.2) is 207 Å². The van der Waals surface area contributed by atoms with Crippen LogP contribution in [0.4, 0.5) is 71.8 Å². The van der Waals surface area contributed by atoms with Crippen molar-refractivity contribution < 1.29 is 109 Å². The molecule has 4 aliphatic carbocycles. The molecule has 12 aliphatic rings. The maximum absolute atomic E-state index is 15.7. The molecule has 4 aromatic heterocycles. The number of ether oxygens (including phenoxy) is 5. The van der Waals surface area contributed by atoms with Crippen molar-refractivity contribution in [2.45, 2.75) is 244 Å². The number of nitrogens with one attached hydrogen (secondary N) is 8. The summed E-state index contributed by atoms with van der Waals surface area (Å²) in [6.45, 7) is 35.3. The number of carboxylic acid groups (broad SMARTS) is 2. The Morgan fingerprint density at radius 3 is 1.01 bits per heavy atom. The summed E-state index contributed by atoms with van der Waals surface area (Å²) in [5, 5.41) is 46.2. The SMILES string of the molecule is CC(C)(C)OC(=O)NC1([C@@H]2CCNC2)CC1.CCOC(=O)c1cc2cc(F)c(Br)c3c2n(c1=O)[C@@H](C)CN3.CCOC(=O)c1cc2cc(F)c(N3CC[C@@H](C4(NC(=O)OC(C)(C)C)CC4)C3)c3c2n(c1=O)[C@@H](C)CN3.C[C@H]1CNc2c(N3CC[C@@H](C4(N)CC4)C3)c(F)cc3cc(C(=O)O)c(=O)n1c23.C[C@H]1CNc2c(N3CC[C@@H](C4(NC(=O)OC(C)(C)C)CC4)C3)c(F)cc3cc(C(=O)O)c(=O)n1c23.Cl.[Li+].[OH-]. The third kappa shape index (κ3) is 21.5. The second kappa shape index (κ2) is 40.6. The summed E-state index contributed by atoms with van der Waals surface area (Å²) in [4.78, 5) is 142. The average molecular weight is 2040 g/mol. The van der Waals surface area contributed by atoms with Crippen LogP contribution in [0.2, 0.25) is 0 Å². The normalized spacial score (nSPS) is 22.0. The Bertz CT molecular complexity index is 6560. The summed E-state index contributed by atoms with van der Waals surface area (Å²) in [6, 6.07) is 9.82. The van der Waals surface area contributed by atoms with E-state index in [2.05, 4.69) is 58.5 Å². The van der Waals surface area contributed by atoms with Crippen LogP contribution in [0.5, 0.6) is 0 Å². The number of halogens is 6. The molecule has 4 saturated carbocycles. The number of alkyl carbamates (subject to hydrolysis) is 3. The smallest absolute Gasteiger partial charge is 0.870 e. The number of carbonyl (C=O) groups excluding carboxylic acids is 5. The molecule has 4 aromatic carbocycles. The molecule has 35 nitrogen and oxygen atoms in total. The topological polar surface area (TPSA) is 456 Å². The number of aromatic carboxylic acids is 2. The number of hydrogen-bond acceptors (Lipinski definition) is 26. The number of rotatable bonds is 16. The van der Waals surface area contributed by atoms with E-state index >= 15 is 13.2 Å². The summed E-state index contributed by atoms with van der Waals surface area (Å²) in [6.07, 6.45) is 10.2. The Labute approximate surface area is 838 Å². The monoisotopic (exact) mass is 2040 g/mol. The fraction of sp³-hybridized carbons (Fsp3) is 0.566. The van der Waals surface area contributed by atoms with Crippen LogP contribution in [0.3, 0.4) is 0 Å². The molecule has 0 radical (unpaired) electrons. The first-order valence-electron chi connectivity index (χ1n) is 47.9. The first kappa shape index (κ1) is 107. The molecule has 3 amide bonds. The number of hydrogen-bond donors (Lipinski definition) is 11. The molecule has 0 unspecified atom stereocenters. The van der Waals surface area contributed by atoms with Gasteiger partial charge in [-0.2, -0.15) is 0 Å². The van der Waals surface area contributed by atoms with Gasteiger partial charge in [-0.05, 0) is 264 Å². The van der Waals surface area contributed by atoms with Crippen LogP contribution in [-0.2, 0) is 23.7 Å². The molecular formula is C99H127BrClF4LiN16O19. The van der Waals surface area contributed by atoms with Gasteiger partial charge in [-0.3, -0.25) is 19.2 Å². The van der Waals surface area contributed by atoms with Gasteiger partial charge in [-0.1, -0.05) is 0 Å². The van der Waals surface area contributed by atoms with Crippen molar-refractivity contribution in [3.63, 3.8) is 0 Å². The van der Waals surface area contributed by atoms with Gasteiger partial charge in [0.25, 0.3) is 22.2 Å². The fourth-order valence-corrected chi connectivity index (χ4v) is 21.7. The number of carboxylic acids is 2. The molecule has 760 valence electrons. The number of aromatic nitrogens is 4. The number of pyridine rings is 4. The summed E-state index contributed by atoms with van der Waals surface area (Å²) in [7, 11) is 0. The predicted octanol–water partition coefficient (Wildman–Crippen LogP) is 12.0. The van der Waals surface area contributed by atoms with Gasteiger partial charge in [0.1, 0.15) is 62.3 Å². The standard InChI is InChI=1S/C27H35FN4O5.C25H31FN4O5.C20H23FN4O3.C15H14BrFN2O3.C12H22N2O2.ClH.Li.H2O/c1-6-36-24(34)18-11-16-12-19(28)22(20-21(16)32(23(18)33)15(2)13-29-20)31-10-7-17(14-31)27(8-9-27)30-25(35)37-26(3,4)5;1-13-11-27-18-19-14(9-16(22(32)33)21(31)30(13)19)10-17(26)20(18)29-8-5-15(12-29)25(6-7-25)28-23(34)35-24(2,3)4;1-10-8-23-15-16-11(6-13(19(27)28)18(26)25(10)16)7-14(21)17(15)24-5-2-12(9-24)20(22)3-4-20;1-3-22-15(21)9-4-8-5-10(17)11(16)12-13(8)19(14(9)20)7(2)6-18-12;1-11(2,3)16-10(15)14-12(5-6-12)9-4-7-13-8-9;;;/h11-12,15,17,29H,6-10,13-14H2,1-5H3,(H,30,35);9-10,13,15,27H,5-8,11-12H2,1-4H3,(H,28,34)(H,32,33);6-7,10,12,23H,2-5,8-9,22H2,1H3,(H,27,28);4-5,7,18H,3,6H2,1-2H3;9,13H,4-8H2,1-3H3,(H,14,15);1H;;1H2/q;;;;;;+1;/p-1/t15-,17+;13-,15+;10-,12+;7-;9-;;;/m00001.../s1. The molecule has 8 aromatic rings. The van der Waals surface area contributed by atoms with Gasteiger partial charge in [0.15, 0.2) is 0 Å². The van der Waals surface area contributed by atoms with Crippen molar-refractivity contribution >= 4 is 154 Å². The van der Waals surface area contributed by atoms with Gasteiger partial charge in [-0.15, -0.1) is 12.4 Å². The molecule has 12 heterocycles. The largest absolute Gasteiger partial charge is 1.00 e. The van der Waals surface area contributed by atoms with Crippen LogP contribution in [0.15, 0.2) is 72.2 Å². The number of nitrogens with two attached hydrogens (primary N) is 1. The van der Waals surface area contributed by atoms with Gasteiger partial charge in [0, 0.05) is 128 Å². The minimum Gasteiger partial charge on any atom is -0.870 e. The van der Waals surface area contributed by atoms with Crippen molar-refractivity contribution in [2.75, 3.05) is 128 Å². The zero-order chi connectivity index (χ0) is 99.6. The summed E-state index contributed by atoms with van der Waals surface area (Å²) < 4.78 is 93.0. The minimum atomic E-state index is -1.33. The molecule has 4 saturated heterocycles. The van der Waals surface area contributed by atoms with E-state index in [9.17, 15) is 67.3 Å². The minimum absolute atomic E-state index is 0.